The summed E-state index contributed by atoms with van der Waals surface area (Å²) < 4.78 is 5.44. The summed E-state index contributed by atoms with van der Waals surface area (Å²) in [5.41, 5.74) is 0. The van der Waals surface area contributed by atoms with Crippen LogP contribution >= 0.6 is 11.6 Å². The Bertz CT molecular complexity index is 511. The van der Waals surface area contributed by atoms with E-state index in [1.165, 1.54) is 0 Å². The molecule has 3 heterocycles. The molecule has 1 aromatic rings. The van der Waals surface area contributed by atoms with Crippen LogP contribution in [0.25, 0.3) is 0 Å². The third kappa shape index (κ3) is 4.48. The van der Waals surface area contributed by atoms with Crippen molar-refractivity contribution >= 4 is 23.4 Å². The summed E-state index contributed by atoms with van der Waals surface area (Å²) in [6, 6.07) is 3.79. The van der Waals surface area contributed by atoms with Crippen LogP contribution in [0.1, 0.15) is 12.8 Å². The van der Waals surface area contributed by atoms with Crippen molar-refractivity contribution in [1.82, 2.24) is 15.2 Å². The van der Waals surface area contributed by atoms with Gasteiger partial charge in [0.1, 0.15) is 5.82 Å². The highest BCUT2D eigenvalue weighted by atomic mass is 35.5. The molecule has 2 aliphatic rings. The molecule has 2 aliphatic heterocycles. The highest BCUT2D eigenvalue weighted by Gasteiger charge is 2.23. The van der Waals surface area contributed by atoms with Gasteiger partial charge >= 0.3 is 6.03 Å². The molecule has 2 fully saturated rings. The van der Waals surface area contributed by atoms with Crippen LogP contribution in [0.4, 0.5) is 10.6 Å². The maximum atomic E-state index is 12.3. The predicted octanol–water partition coefficient (Wildman–Crippen LogP) is 1.99. The van der Waals surface area contributed by atoms with E-state index in [2.05, 4.69) is 15.2 Å². The van der Waals surface area contributed by atoms with Crippen LogP contribution in [0.15, 0.2) is 18.3 Å². The van der Waals surface area contributed by atoms with Crippen LogP contribution in [0.2, 0.25) is 5.02 Å². The monoisotopic (exact) mass is 338 g/mol. The molecule has 1 N–H and O–H groups in total. The first-order chi connectivity index (χ1) is 11.2. The fourth-order valence-corrected chi connectivity index (χ4v) is 3.12. The molecule has 0 aliphatic carbocycles. The fraction of sp³-hybridized carbons (Fsp3) is 0.625. The molecule has 6 nitrogen and oxygen atoms in total. The summed E-state index contributed by atoms with van der Waals surface area (Å²) in [7, 11) is 0. The number of urea groups is 1. The van der Waals surface area contributed by atoms with Crippen LogP contribution in [-0.2, 0) is 4.74 Å². The lowest BCUT2D eigenvalue weighted by Crippen LogP contribution is -2.52. The average Bonchev–Trinajstić information content (AvgIpc) is 2.61. The van der Waals surface area contributed by atoms with Gasteiger partial charge in [-0.1, -0.05) is 11.6 Å². The zero-order chi connectivity index (χ0) is 16.1. The molecular weight excluding hydrogens is 316 g/mol. The highest BCUT2D eigenvalue weighted by Crippen LogP contribution is 2.16. The van der Waals surface area contributed by atoms with Gasteiger partial charge in [-0.05, 0) is 30.9 Å². The highest BCUT2D eigenvalue weighted by molar-refractivity contribution is 6.30. The first kappa shape index (κ1) is 16.3. The molecular formula is C16H23ClN4O2. The number of ether oxygens (including phenoxy) is 1. The fourth-order valence-electron chi connectivity index (χ4n) is 3.01. The van der Waals surface area contributed by atoms with Crippen molar-refractivity contribution in [3.8, 4) is 0 Å². The Labute approximate surface area is 141 Å². The molecule has 1 aromatic heterocycles. The number of carbonyl (C=O) groups is 1. The Morgan fingerprint density at radius 3 is 2.83 bits per heavy atom. The second-order valence-electron chi connectivity index (χ2n) is 6.08. The van der Waals surface area contributed by atoms with Crippen molar-refractivity contribution in [2.45, 2.75) is 12.8 Å². The number of halogens is 1. The molecule has 23 heavy (non-hydrogen) atoms. The maximum Gasteiger partial charge on any atom is 0.317 e. The van der Waals surface area contributed by atoms with E-state index in [9.17, 15) is 4.79 Å². The predicted molar refractivity (Wildman–Crippen MR) is 90.0 cm³/mol. The van der Waals surface area contributed by atoms with Crippen LogP contribution < -0.4 is 10.2 Å². The van der Waals surface area contributed by atoms with Crippen molar-refractivity contribution in [2.24, 2.45) is 5.92 Å². The van der Waals surface area contributed by atoms with E-state index in [0.29, 0.717) is 30.6 Å². The Morgan fingerprint density at radius 2 is 2.17 bits per heavy atom. The van der Waals surface area contributed by atoms with E-state index >= 15 is 0 Å². The van der Waals surface area contributed by atoms with Gasteiger partial charge < -0.3 is 19.9 Å². The zero-order valence-corrected chi connectivity index (χ0v) is 14.0. The molecule has 0 spiro atoms. The Balaban J connectivity index is 1.42. The SMILES string of the molecule is O=C(NCC1CCCOC1)N1CCN(c2ccc(Cl)cn2)CC1. The number of anilines is 1. The van der Waals surface area contributed by atoms with Gasteiger partial charge in [-0.15, -0.1) is 0 Å². The number of aromatic nitrogens is 1. The van der Waals surface area contributed by atoms with E-state index in [4.69, 9.17) is 16.3 Å². The molecule has 1 unspecified atom stereocenters. The third-order valence-corrected chi connectivity index (χ3v) is 4.62. The van der Waals surface area contributed by atoms with Crippen LogP contribution in [0, 0.1) is 5.92 Å². The van der Waals surface area contributed by atoms with Gasteiger partial charge in [-0.25, -0.2) is 9.78 Å². The number of hydrogen-bond acceptors (Lipinski definition) is 4. The maximum absolute atomic E-state index is 12.3. The molecule has 2 amide bonds. The van der Waals surface area contributed by atoms with E-state index in [-0.39, 0.29) is 6.03 Å². The van der Waals surface area contributed by atoms with Gasteiger partial charge in [0, 0.05) is 45.5 Å². The second-order valence-corrected chi connectivity index (χ2v) is 6.51. The van der Waals surface area contributed by atoms with E-state index in [1.807, 2.05) is 17.0 Å². The van der Waals surface area contributed by atoms with Gasteiger partial charge in [-0.3, -0.25) is 0 Å². The van der Waals surface area contributed by atoms with Crippen LogP contribution in [-0.4, -0.2) is 61.9 Å². The number of nitrogens with zero attached hydrogens (tertiary/aromatic N) is 3. The smallest absolute Gasteiger partial charge is 0.317 e. The van der Waals surface area contributed by atoms with Gasteiger partial charge in [0.05, 0.1) is 11.6 Å². The normalized spacial score (nSPS) is 22.0. The second kappa shape index (κ2) is 7.84. The van der Waals surface area contributed by atoms with Gasteiger partial charge in [-0.2, -0.15) is 0 Å². The number of hydrogen-bond donors (Lipinski definition) is 1. The summed E-state index contributed by atoms with van der Waals surface area (Å²) in [5, 5.41) is 3.68. The molecule has 3 rings (SSSR count). The standard InChI is InChI=1S/C16H23ClN4O2/c17-14-3-4-15(18-11-14)20-5-7-21(8-6-20)16(22)19-10-13-2-1-9-23-12-13/h3-4,11,13H,1-2,5-10,12H2,(H,19,22). The zero-order valence-electron chi connectivity index (χ0n) is 13.2. The molecule has 0 bridgehead atoms. The first-order valence-electron chi connectivity index (χ1n) is 8.19. The largest absolute Gasteiger partial charge is 0.381 e. The molecule has 126 valence electrons. The van der Waals surface area contributed by atoms with Gasteiger partial charge in [0.2, 0.25) is 0 Å². The van der Waals surface area contributed by atoms with E-state index < -0.39 is 0 Å². The summed E-state index contributed by atoms with van der Waals surface area (Å²) in [6.45, 7) is 5.30. The average molecular weight is 339 g/mol. The lowest BCUT2D eigenvalue weighted by molar-refractivity contribution is 0.0551. The van der Waals surface area contributed by atoms with Crippen molar-refractivity contribution in [1.29, 1.82) is 0 Å². The van der Waals surface area contributed by atoms with Crippen LogP contribution in [0.3, 0.4) is 0 Å². The minimum Gasteiger partial charge on any atom is -0.381 e. The van der Waals surface area contributed by atoms with Crippen molar-refractivity contribution in [3.05, 3.63) is 23.4 Å². The van der Waals surface area contributed by atoms with Crippen molar-refractivity contribution < 1.29 is 9.53 Å². The molecule has 7 heteroatoms. The molecule has 0 aromatic carbocycles. The first-order valence-corrected chi connectivity index (χ1v) is 8.57. The molecule has 0 saturated carbocycles. The number of piperazine rings is 1. The van der Waals surface area contributed by atoms with Crippen molar-refractivity contribution in [2.75, 3.05) is 50.8 Å². The minimum atomic E-state index is 0.0271. The number of rotatable bonds is 3. The van der Waals surface area contributed by atoms with Crippen LogP contribution in [0.5, 0.6) is 0 Å². The number of nitrogens with one attached hydrogen (secondary N) is 1. The quantitative estimate of drug-likeness (QED) is 0.915. The Hall–Kier alpha value is -1.53. The summed E-state index contributed by atoms with van der Waals surface area (Å²) in [4.78, 5) is 20.6. The van der Waals surface area contributed by atoms with Crippen molar-refractivity contribution in [3.63, 3.8) is 0 Å². The lowest BCUT2D eigenvalue weighted by Gasteiger charge is -2.35. The number of amides is 2. The molecule has 2 saturated heterocycles. The summed E-state index contributed by atoms with van der Waals surface area (Å²) in [5.74, 6) is 1.36. The lowest BCUT2D eigenvalue weighted by atomic mass is 10.0. The Kier molecular flexibility index (Phi) is 5.56. The van der Waals surface area contributed by atoms with Gasteiger partial charge in [0.25, 0.3) is 0 Å². The number of carbonyl (C=O) groups excluding carboxylic acids is 1. The topological polar surface area (TPSA) is 57.7 Å². The van der Waals surface area contributed by atoms with Gasteiger partial charge in [0.15, 0.2) is 0 Å². The Morgan fingerprint density at radius 1 is 1.35 bits per heavy atom. The molecule has 0 radical (unpaired) electrons. The number of pyridine rings is 1. The van der Waals surface area contributed by atoms with E-state index in [0.717, 1.165) is 45.0 Å². The molecule has 1 atom stereocenters. The summed E-state index contributed by atoms with van der Waals surface area (Å²) >= 11 is 5.86. The summed E-state index contributed by atoms with van der Waals surface area (Å²) in [6.07, 6.45) is 3.88. The van der Waals surface area contributed by atoms with E-state index in [1.54, 1.807) is 6.20 Å². The minimum absolute atomic E-state index is 0.0271. The third-order valence-electron chi connectivity index (χ3n) is 4.40.